The Balaban J connectivity index is 1.44. The maximum absolute atomic E-state index is 6.10. The molecule has 0 aromatic carbocycles. The fourth-order valence-corrected chi connectivity index (χ4v) is 2.91. The van der Waals surface area contributed by atoms with Crippen molar-refractivity contribution in [2.45, 2.75) is 31.3 Å². The van der Waals surface area contributed by atoms with Crippen LogP contribution in [0.5, 0.6) is 5.75 Å². The Bertz CT molecular complexity index is 677. The van der Waals surface area contributed by atoms with Gasteiger partial charge in [0, 0.05) is 43.5 Å². The van der Waals surface area contributed by atoms with E-state index in [1.807, 2.05) is 12.3 Å². The van der Waals surface area contributed by atoms with Gasteiger partial charge in [0.15, 0.2) is 0 Å². The van der Waals surface area contributed by atoms with Gasteiger partial charge in [-0.15, -0.1) is 0 Å². The van der Waals surface area contributed by atoms with Crippen LogP contribution >= 0.6 is 11.6 Å². The van der Waals surface area contributed by atoms with E-state index in [-0.39, 0.29) is 6.10 Å². The number of anilines is 1. The molecule has 2 aromatic rings. The third-order valence-electron chi connectivity index (χ3n) is 4.10. The summed E-state index contributed by atoms with van der Waals surface area (Å²) in [4.78, 5) is 15.3. The summed E-state index contributed by atoms with van der Waals surface area (Å²) >= 11 is 6.10. The van der Waals surface area contributed by atoms with Gasteiger partial charge < -0.3 is 9.64 Å². The predicted molar refractivity (Wildman–Crippen MR) is 84.5 cm³/mol. The van der Waals surface area contributed by atoms with Crippen molar-refractivity contribution in [1.29, 1.82) is 0 Å². The molecule has 2 fully saturated rings. The van der Waals surface area contributed by atoms with Gasteiger partial charge in [-0.25, -0.2) is 9.97 Å². The Labute approximate surface area is 134 Å². The first-order valence-electron chi connectivity index (χ1n) is 7.63. The maximum atomic E-state index is 6.10. The van der Waals surface area contributed by atoms with Crippen LogP contribution in [0.4, 0.5) is 5.82 Å². The zero-order valence-corrected chi connectivity index (χ0v) is 12.9. The molecule has 2 aromatic heterocycles. The molecule has 3 heterocycles. The number of hydrogen-bond acceptors (Lipinski definition) is 5. The lowest BCUT2D eigenvalue weighted by Crippen LogP contribution is -2.25. The molecule has 6 heteroatoms. The van der Waals surface area contributed by atoms with E-state index in [0.717, 1.165) is 31.2 Å². The molecule has 22 heavy (non-hydrogen) atoms. The molecular weight excluding hydrogens is 300 g/mol. The maximum Gasteiger partial charge on any atom is 0.141 e. The second-order valence-corrected chi connectivity index (χ2v) is 6.24. The van der Waals surface area contributed by atoms with E-state index in [1.54, 1.807) is 18.5 Å². The molecule has 1 aliphatic heterocycles. The van der Waals surface area contributed by atoms with Gasteiger partial charge in [-0.3, -0.25) is 4.98 Å². The van der Waals surface area contributed by atoms with Crippen molar-refractivity contribution in [3.63, 3.8) is 0 Å². The molecule has 1 saturated heterocycles. The first kappa shape index (κ1) is 13.8. The van der Waals surface area contributed by atoms with Crippen molar-refractivity contribution in [3.8, 4) is 5.75 Å². The van der Waals surface area contributed by atoms with Crippen LogP contribution in [0.25, 0.3) is 0 Å². The topological polar surface area (TPSA) is 51.1 Å². The van der Waals surface area contributed by atoms with Gasteiger partial charge in [0.1, 0.15) is 28.5 Å². The zero-order chi connectivity index (χ0) is 14.9. The Morgan fingerprint density at radius 1 is 1.18 bits per heavy atom. The molecular formula is C16H17ClN4O. The fraction of sp³-hybridized carbons (Fsp3) is 0.438. The molecule has 1 atom stereocenters. The molecule has 0 amide bonds. The quantitative estimate of drug-likeness (QED) is 0.867. The summed E-state index contributed by atoms with van der Waals surface area (Å²) in [6.45, 7) is 1.76. The molecule has 114 valence electrons. The fourth-order valence-electron chi connectivity index (χ4n) is 2.75. The van der Waals surface area contributed by atoms with Gasteiger partial charge in [0.25, 0.3) is 0 Å². The summed E-state index contributed by atoms with van der Waals surface area (Å²) in [7, 11) is 0. The molecule has 0 spiro atoms. The van der Waals surface area contributed by atoms with Crippen molar-refractivity contribution in [3.05, 3.63) is 41.6 Å². The van der Waals surface area contributed by atoms with Crippen molar-refractivity contribution < 1.29 is 4.74 Å². The smallest absolute Gasteiger partial charge is 0.141 e. The Morgan fingerprint density at radius 2 is 2.09 bits per heavy atom. The van der Waals surface area contributed by atoms with Crippen molar-refractivity contribution in [1.82, 2.24) is 15.0 Å². The van der Waals surface area contributed by atoms with Crippen LogP contribution in [0.3, 0.4) is 0 Å². The monoisotopic (exact) mass is 316 g/mol. The average molecular weight is 317 g/mol. The third kappa shape index (κ3) is 2.86. The Morgan fingerprint density at radius 3 is 2.91 bits per heavy atom. The van der Waals surface area contributed by atoms with Crippen LogP contribution in [0.2, 0.25) is 5.02 Å². The van der Waals surface area contributed by atoms with Crippen LogP contribution in [-0.2, 0) is 0 Å². The first-order valence-corrected chi connectivity index (χ1v) is 8.01. The molecule has 0 radical (unpaired) electrons. The first-order chi connectivity index (χ1) is 10.8. The highest BCUT2D eigenvalue weighted by atomic mass is 35.5. The van der Waals surface area contributed by atoms with Crippen molar-refractivity contribution in [2.24, 2.45) is 0 Å². The van der Waals surface area contributed by atoms with E-state index < -0.39 is 0 Å². The molecule has 2 aliphatic rings. The van der Waals surface area contributed by atoms with Crippen molar-refractivity contribution >= 4 is 17.4 Å². The number of halogens is 1. The molecule has 0 N–H and O–H groups in total. The van der Waals surface area contributed by atoms with E-state index in [4.69, 9.17) is 21.3 Å². The van der Waals surface area contributed by atoms with E-state index in [1.165, 1.54) is 12.8 Å². The number of hydrogen-bond donors (Lipinski definition) is 0. The number of rotatable bonds is 4. The molecule has 0 bridgehead atoms. The number of ether oxygens (including phenoxy) is 1. The molecule has 5 nitrogen and oxygen atoms in total. The number of nitrogens with zero attached hydrogens (tertiary/aromatic N) is 4. The summed E-state index contributed by atoms with van der Waals surface area (Å²) < 4.78 is 5.99. The van der Waals surface area contributed by atoms with E-state index in [2.05, 4.69) is 14.9 Å². The van der Waals surface area contributed by atoms with Gasteiger partial charge in [-0.2, -0.15) is 0 Å². The standard InChI is InChI=1S/C16H17ClN4O/c17-13-9-18-6-3-14(13)22-12-5-8-21(10-12)15-4-7-19-16(20-15)11-1-2-11/h3-4,6-7,9,11-12H,1-2,5,8,10H2. The minimum atomic E-state index is 0.124. The second-order valence-electron chi connectivity index (χ2n) is 5.83. The highest BCUT2D eigenvalue weighted by Gasteiger charge is 2.29. The van der Waals surface area contributed by atoms with E-state index in [9.17, 15) is 0 Å². The van der Waals surface area contributed by atoms with Gasteiger partial charge in [-0.1, -0.05) is 11.6 Å². The van der Waals surface area contributed by atoms with Gasteiger partial charge >= 0.3 is 0 Å². The number of pyridine rings is 1. The van der Waals surface area contributed by atoms with E-state index >= 15 is 0 Å². The highest BCUT2D eigenvalue weighted by molar-refractivity contribution is 6.31. The van der Waals surface area contributed by atoms with Crippen LogP contribution in [0.1, 0.15) is 31.0 Å². The minimum absolute atomic E-state index is 0.124. The lowest BCUT2D eigenvalue weighted by atomic mass is 10.3. The Kier molecular flexibility index (Phi) is 3.58. The van der Waals surface area contributed by atoms with Crippen LogP contribution in [0, 0.1) is 0 Å². The lowest BCUT2D eigenvalue weighted by molar-refractivity contribution is 0.225. The summed E-state index contributed by atoms with van der Waals surface area (Å²) in [6, 6.07) is 3.79. The SMILES string of the molecule is Clc1cnccc1OC1CCN(c2ccnc(C3CC3)n2)C1. The van der Waals surface area contributed by atoms with Gasteiger partial charge in [0.2, 0.25) is 0 Å². The van der Waals surface area contributed by atoms with Crippen LogP contribution < -0.4 is 9.64 Å². The lowest BCUT2D eigenvalue weighted by Gasteiger charge is -2.18. The molecule has 4 rings (SSSR count). The summed E-state index contributed by atoms with van der Waals surface area (Å²) in [6.07, 6.45) is 8.69. The zero-order valence-electron chi connectivity index (χ0n) is 12.2. The van der Waals surface area contributed by atoms with Crippen LogP contribution in [-0.4, -0.2) is 34.1 Å². The van der Waals surface area contributed by atoms with Crippen LogP contribution in [0.15, 0.2) is 30.7 Å². The predicted octanol–water partition coefficient (Wildman–Crippen LogP) is 3.06. The molecule has 1 unspecified atom stereocenters. The molecule has 1 saturated carbocycles. The molecule has 1 aliphatic carbocycles. The summed E-state index contributed by atoms with van der Waals surface area (Å²) in [5.41, 5.74) is 0. The van der Waals surface area contributed by atoms with E-state index in [0.29, 0.717) is 16.7 Å². The summed E-state index contributed by atoms with van der Waals surface area (Å²) in [5, 5.41) is 0.555. The number of aromatic nitrogens is 3. The summed E-state index contributed by atoms with van der Waals surface area (Å²) in [5.74, 6) is 3.26. The third-order valence-corrected chi connectivity index (χ3v) is 4.38. The largest absolute Gasteiger partial charge is 0.487 e. The second kappa shape index (κ2) is 5.72. The van der Waals surface area contributed by atoms with Gasteiger partial charge in [0.05, 0.1) is 6.54 Å². The Hall–Kier alpha value is -1.88. The minimum Gasteiger partial charge on any atom is -0.487 e. The van der Waals surface area contributed by atoms with Gasteiger partial charge in [-0.05, 0) is 18.9 Å². The average Bonchev–Trinajstić information content (AvgIpc) is 3.29. The van der Waals surface area contributed by atoms with Crippen molar-refractivity contribution in [2.75, 3.05) is 18.0 Å². The highest BCUT2D eigenvalue weighted by Crippen LogP contribution is 2.38. The normalized spacial score (nSPS) is 21.1.